The van der Waals surface area contributed by atoms with Crippen molar-refractivity contribution in [2.24, 2.45) is 0 Å². The summed E-state index contributed by atoms with van der Waals surface area (Å²) in [5, 5.41) is 0. The maximum atomic E-state index is 13.7. The lowest BCUT2D eigenvalue weighted by Crippen LogP contribution is -2.58. The van der Waals surface area contributed by atoms with E-state index in [0.717, 1.165) is 37.4 Å². The lowest BCUT2D eigenvalue weighted by Gasteiger charge is -2.47. The molecule has 0 unspecified atom stereocenters. The quantitative estimate of drug-likeness (QED) is 0.816. The molecule has 0 saturated carbocycles. The third kappa shape index (κ3) is 3.43. The summed E-state index contributed by atoms with van der Waals surface area (Å²) >= 11 is 1.93. The highest BCUT2D eigenvalue weighted by atomic mass is 32.2. The van der Waals surface area contributed by atoms with Crippen molar-refractivity contribution < 1.29 is 13.9 Å². The smallest absolute Gasteiger partial charge is 0.250 e. The molecule has 0 N–H and O–H groups in total. The normalized spacial score (nSPS) is 21.9. The zero-order valence-electron chi connectivity index (χ0n) is 14.0. The van der Waals surface area contributed by atoms with E-state index in [1.54, 1.807) is 25.6 Å². The van der Waals surface area contributed by atoms with Crippen LogP contribution in [0.15, 0.2) is 36.7 Å². The predicted molar refractivity (Wildman–Crippen MR) is 94.5 cm³/mol. The van der Waals surface area contributed by atoms with Crippen LogP contribution in [0.25, 0.3) is 0 Å². The average Bonchev–Trinajstić information content (AvgIpc) is 3.01. The van der Waals surface area contributed by atoms with Gasteiger partial charge >= 0.3 is 0 Å². The molecule has 0 amide bonds. The molecule has 0 bridgehead atoms. The van der Waals surface area contributed by atoms with Gasteiger partial charge in [0.15, 0.2) is 5.82 Å². The van der Waals surface area contributed by atoms with Gasteiger partial charge < -0.3 is 9.47 Å². The summed E-state index contributed by atoms with van der Waals surface area (Å²) in [7, 11) is 1.65. The van der Waals surface area contributed by atoms with E-state index < -0.39 is 5.82 Å². The number of rotatable bonds is 5. The molecule has 25 heavy (non-hydrogen) atoms. The Kier molecular flexibility index (Phi) is 4.52. The van der Waals surface area contributed by atoms with Crippen LogP contribution in [0, 0.1) is 5.82 Å². The van der Waals surface area contributed by atoms with E-state index >= 15 is 0 Å². The Morgan fingerprint density at radius 3 is 2.76 bits per heavy atom. The zero-order chi connectivity index (χ0) is 17.3. The van der Waals surface area contributed by atoms with Gasteiger partial charge in [-0.1, -0.05) is 6.07 Å². The highest BCUT2D eigenvalue weighted by Crippen LogP contribution is 2.46. The summed E-state index contributed by atoms with van der Waals surface area (Å²) in [6.07, 6.45) is 4.24. The number of hydrogen-bond donors (Lipinski definition) is 0. The first-order valence-electron chi connectivity index (χ1n) is 8.29. The molecule has 2 aromatic rings. The van der Waals surface area contributed by atoms with Crippen molar-refractivity contribution in [2.75, 3.05) is 26.0 Å². The van der Waals surface area contributed by atoms with Gasteiger partial charge in [-0.05, 0) is 18.2 Å². The molecule has 0 aliphatic carbocycles. The number of hydrogen-bond acceptors (Lipinski definition) is 6. The second-order valence-corrected chi connectivity index (χ2v) is 8.03. The highest BCUT2D eigenvalue weighted by molar-refractivity contribution is 8.01. The van der Waals surface area contributed by atoms with Crippen LogP contribution in [0.2, 0.25) is 0 Å². The Labute approximate surface area is 150 Å². The Hall–Kier alpha value is -1.86. The molecule has 2 aliphatic rings. The Morgan fingerprint density at radius 1 is 1.24 bits per heavy atom. The largest absolute Gasteiger partial charge is 0.481 e. The second kappa shape index (κ2) is 6.80. The molecular formula is C18H20FN3O2S. The highest BCUT2D eigenvalue weighted by Gasteiger charge is 2.49. The fourth-order valence-corrected chi connectivity index (χ4v) is 5.14. The van der Waals surface area contributed by atoms with Crippen LogP contribution < -0.4 is 9.47 Å². The van der Waals surface area contributed by atoms with Gasteiger partial charge in [0.25, 0.3) is 5.88 Å². The summed E-state index contributed by atoms with van der Waals surface area (Å²) in [6, 6.07) is 6.94. The molecule has 4 rings (SSSR count). The maximum absolute atomic E-state index is 13.7. The van der Waals surface area contributed by atoms with E-state index in [9.17, 15) is 4.39 Å². The summed E-state index contributed by atoms with van der Waals surface area (Å²) in [5.74, 6) is 1.28. The van der Waals surface area contributed by atoms with E-state index in [4.69, 9.17) is 9.47 Å². The van der Waals surface area contributed by atoms with Crippen LogP contribution in [0.3, 0.4) is 0 Å². The minimum absolute atomic E-state index is 0.0180. The van der Waals surface area contributed by atoms with Gasteiger partial charge in [-0.3, -0.25) is 4.90 Å². The molecule has 132 valence electrons. The lowest BCUT2D eigenvalue weighted by molar-refractivity contribution is 0.0886. The van der Waals surface area contributed by atoms with Gasteiger partial charge in [-0.25, -0.2) is 14.4 Å². The Bertz CT molecular complexity index is 755. The van der Waals surface area contributed by atoms with Crippen molar-refractivity contribution in [2.45, 2.75) is 23.8 Å². The van der Waals surface area contributed by atoms with E-state index in [1.807, 2.05) is 23.9 Å². The third-order valence-corrected chi connectivity index (χ3v) is 6.21. The van der Waals surface area contributed by atoms with Crippen LogP contribution in [-0.2, 0) is 6.54 Å². The molecule has 5 nitrogen and oxygen atoms in total. The Morgan fingerprint density at radius 2 is 2.00 bits per heavy atom. The van der Waals surface area contributed by atoms with Crippen molar-refractivity contribution in [1.29, 1.82) is 0 Å². The predicted octanol–water partition coefficient (Wildman–Crippen LogP) is 2.76. The summed E-state index contributed by atoms with van der Waals surface area (Å²) in [5.41, 5.74) is 1.10. The SMILES string of the molecule is COc1ncccc1CN1CC2(C[C@@H](Oc3ncccc3F)CS2)C1. The van der Waals surface area contributed by atoms with E-state index in [-0.39, 0.29) is 16.7 Å². The monoisotopic (exact) mass is 361 g/mol. The topological polar surface area (TPSA) is 47.5 Å². The molecule has 2 aromatic heterocycles. The van der Waals surface area contributed by atoms with Gasteiger partial charge in [0.05, 0.1) is 7.11 Å². The fraction of sp³-hybridized carbons (Fsp3) is 0.444. The summed E-state index contributed by atoms with van der Waals surface area (Å²) in [4.78, 5) is 10.6. The molecule has 2 saturated heterocycles. The van der Waals surface area contributed by atoms with Crippen LogP contribution >= 0.6 is 11.8 Å². The van der Waals surface area contributed by atoms with Crippen molar-refractivity contribution in [3.8, 4) is 11.8 Å². The molecule has 1 spiro atoms. The number of likely N-dealkylation sites (tertiary alicyclic amines) is 1. The Balaban J connectivity index is 1.32. The molecule has 4 heterocycles. The fourth-order valence-electron chi connectivity index (χ4n) is 3.56. The zero-order valence-corrected chi connectivity index (χ0v) is 14.8. The van der Waals surface area contributed by atoms with Crippen LogP contribution in [0.1, 0.15) is 12.0 Å². The van der Waals surface area contributed by atoms with Gasteiger partial charge in [-0.15, -0.1) is 11.8 Å². The molecule has 1 atom stereocenters. The van der Waals surface area contributed by atoms with Crippen molar-refractivity contribution >= 4 is 11.8 Å². The van der Waals surface area contributed by atoms with Gasteiger partial charge in [0.1, 0.15) is 6.10 Å². The number of halogens is 1. The van der Waals surface area contributed by atoms with Crippen molar-refractivity contribution in [3.63, 3.8) is 0 Å². The molecular weight excluding hydrogens is 341 g/mol. The van der Waals surface area contributed by atoms with E-state index in [1.165, 1.54) is 6.07 Å². The first-order valence-corrected chi connectivity index (χ1v) is 9.27. The molecule has 2 fully saturated rings. The first kappa shape index (κ1) is 16.6. The van der Waals surface area contributed by atoms with E-state index in [0.29, 0.717) is 5.88 Å². The van der Waals surface area contributed by atoms with Crippen molar-refractivity contribution in [1.82, 2.24) is 14.9 Å². The first-order chi connectivity index (χ1) is 12.2. The van der Waals surface area contributed by atoms with Crippen LogP contribution in [0.5, 0.6) is 11.8 Å². The average molecular weight is 361 g/mol. The summed E-state index contributed by atoms with van der Waals surface area (Å²) < 4.78 is 25.0. The molecule has 0 radical (unpaired) electrons. The van der Waals surface area contributed by atoms with Crippen LogP contribution in [0.4, 0.5) is 4.39 Å². The maximum Gasteiger partial charge on any atom is 0.250 e. The second-order valence-electron chi connectivity index (χ2n) is 6.55. The standard InChI is InChI=1S/C18H20FN3O2S/c1-23-16-13(4-2-6-20-16)9-22-11-18(12-22)8-14(10-25-18)24-17-15(19)5-3-7-21-17/h2-7,14H,8-12H2,1H3/t14-/m1/s1. The number of ether oxygens (including phenoxy) is 2. The van der Waals surface area contributed by atoms with Gasteiger partial charge in [0, 0.05) is 54.5 Å². The summed E-state index contributed by atoms with van der Waals surface area (Å²) in [6.45, 7) is 2.83. The van der Waals surface area contributed by atoms with Crippen LogP contribution in [-0.4, -0.2) is 51.7 Å². The number of aromatic nitrogens is 2. The number of methoxy groups -OCH3 is 1. The molecule has 0 aromatic carbocycles. The lowest BCUT2D eigenvalue weighted by atomic mass is 9.92. The molecule has 7 heteroatoms. The number of thioether (sulfide) groups is 1. The number of nitrogens with zero attached hydrogens (tertiary/aromatic N) is 3. The third-order valence-electron chi connectivity index (χ3n) is 4.64. The minimum Gasteiger partial charge on any atom is -0.481 e. The number of pyridine rings is 2. The van der Waals surface area contributed by atoms with Gasteiger partial charge in [0.2, 0.25) is 5.88 Å². The minimum atomic E-state index is -0.396. The molecule has 2 aliphatic heterocycles. The van der Waals surface area contributed by atoms with Crippen molar-refractivity contribution in [3.05, 3.63) is 48.0 Å². The van der Waals surface area contributed by atoms with E-state index in [2.05, 4.69) is 14.9 Å². The van der Waals surface area contributed by atoms with Gasteiger partial charge in [-0.2, -0.15) is 0 Å².